The Labute approximate surface area is 104 Å². The number of esters is 1. The largest absolute Gasteiger partial charge is 0.465 e. The Morgan fingerprint density at radius 1 is 1.33 bits per heavy atom. The quantitative estimate of drug-likeness (QED) is 0.662. The number of methoxy groups -OCH3 is 1. The van der Waals surface area contributed by atoms with E-state index in [9.17, 15) is 4.79 Å². The molecule has 5 heteroatoms. The minimum Gasteiger partial charge on any atom is -0.465 e. The Bertz CT molecular complexity index is 555. The number of anilines is 1. The number of nitrogen functional groups attached to an aromatic ring is 1. The van der Waals surface area contributed by atoms with Gasteiger partial charge in [-0.15, -0.1) is 0 Å². The van der Waals surface area contributed by atoms with E-state index in [2.05, 4.69) is 9.72 Å². The van der Waals surface area contributed by atoms with Crippen molar-refractivity contribution in [2.24, 2.45) is 0 Å². The van der Waals surface area contributed by atoms with Gasteiger partial charge < -0.3 is 15.2 Å². The van der Waals surface area contributed by atoms with Crippen LogP contribution < -0.4 is 10.5 Å². The fraction of sp³-hybridized carbons (Fsp3) is 0.0769. The minimum atomic E-state index is -0.436. The lowest BCUT2D eigenvalue weighted by Gasteiger charge is -2.08. The van der Waals surface area contributed by atoms with Crippen LogP contribution in [0.4, 0.5) is 5.69 Å². The Morgan fingerprint density at radius 2 is 2.17 bits per heavy atom. The highest BCUT2D eigenvalue weighted by molar-refractivity contribution is 5.90. The third-order valence-corrected chi connectivity index (χ3v) is 2.29. The van der Waals surface area contributed by atoms with Crippen molar-refractivity contribution in [3.05, 3.63) is 48.3 Å². The molecular formula is C13H12N2O3. The van der Waals surface area contributed by atoms with E-state index in [-0.39, 0.29) is 0 Å². The monoisotopic (exact) mass is 244 g/mol. The standard InChI is InChI=1S/C13H12N2O3/c1-17-13(16)9-4-5-12(11(14)7-9)18-10-3-2-6-15-8-10/h2-8H,14H2,1H3. The highest BCUT2D eigenvalue weighted by Crippen LogP contribution is 2.27. The second-order valence-corrected chi connectivity index (χ2v) is 3.53. The van der Waals surface area contributed by atoms with Crippen LogP contribution >= 0.6 is 0 Å². The summed E-state index contributed by atoms with van der Waals surface area (Å²) in [6.45, 7) is 0. The van der Waals surface area contributed by atoms with Crippen LogP contribution in [-0.4, -0.2) is 18.1 Å². The fourth-order valence-corrected chi connectivity index (χ4v) is 1.42. The summed E-state index contributed by atoms with van der Waals surface area (Å²) in [5.41, 5.74) is 6.55. The summed E-state index contributed by atoms with van der Waals surface area (Å²) in [6, 6.07) is 8.25. The number of hydrogen-bond acceptors (Lipinski definition) is 5. The second-order valence-electron chi connectivity index (χ2n) is 3.53. The molecule has 0 atom stereocenters. The molecule has 2 aromatic rings. The number of aromatic nitrogens is 1. The van der Waals surface area contributed by atoms with Gasteiger partial charge in [-0.05, 0) is 30.3 Å². The molecule has 0 aliphatic carbocycles. The number of carbonyl (C=O) groups excluding carboxylic acids is 1. The number of benzene rings is 1. The number of carbonyl (C=O) groups is 1. The molecule has 0 aliphatic rings. The maximum atomic E-state index is 11.3. The first kappa shape index (κ1) is 11.9. The van der Waals surface area contributed by atoms with Gasteiger partial charge in [0, 0.05) is 6.20 Å². The van der Waals surface area contributed by atoms with Crippen molar-refractivity contribution in [2.45, 2.75) is 0 Å². The smallest absolute Gasteiger partial charge is 0.337 e. The molecule has 92 valence electrons. The summed E-state index contributed by atoms with van der Waals surface area (Å²) in [6.07, 6.45) is 3.23. The van der Waals surface area contributed by atoms with Crippen LogP contribution in [0.1, 0.15) is 10.4 Å². The van der Waals surface area contributed by atoms with Crippen molar-refractivity contribution in [3.63, 3.8) is 0 Å². The maximum Gasteiger partial charge on any atom is 0.337 e. The molecule has 0 bridgehead atoms. The Morgan fingerprint density at radius 3 is 2.78 bits per heavy atom. The van der Waals surface area contributed by atoms with Crippen LogP contribution in [0.2, 0.25) is 0 Å². The molecule has 0 radical (unpaired) electrons. The minimum absolute atomic E-state index is 0.363. The lowest BCUT2D eigenvalue weighted by Crippen LogP contribution is -2.02. The number of ether oxygens (including phenoxy) is 2. The van der Waals surface area contributed by atoms with Crippen LogP contribution in [0, 0.1) is 0 Å². The van der Waals surface area contributed by atoms with E-state index in [4.69, 9.17) is 10.5 Å². The number of hydrogen-bond donors (Lipinski definition) is 1. The first-order chi connectivity index (χ1) is 8.70. The van der Waals surface area contributed by atoms with Gasteiger partial charge in [0.25, 0.3) is 0 Å². The normalized spacial score (nSPS) is 9.83. The SMILES string of the molecule is COC(=O)c1ccc(Oc2cccnc2)c(N)c1. The van der Waals surface area contributed by atoms with Gasteiger partial charge in [0.15, 0.2) is 0 Å². The predicted octanol–water partition coefficient (Wildman–Crippen LogP) is 2.24. The molecule has 5 nitrogen and oxygen atoms in total. The third kappa shape index (κ3) is 2.57. The van der Waals surface area contributed by atoms with Crippen molar-refractivity contribution >= 4 is 11.7 Å². The van der Waals surface area contributed by atoms with E-state index >= 15 is 0 Å². The van der Waals surface area contributed by atoms with E-state index in [0.29, 0.717) is 22.7 Å². The van der Waals surface area contributed by atoms with E-state index in [1.165, 1.54) is 13.2 Å². The predicted molar refractivity (Wildman–Crippen MR) is 66.5 cm³/mol. The lowest BCUT2D eigenvalue weighted by atomic mass is 10.2. The first-order valence-electron chi connectivity index (χ1n) is 5.26. The summed E-state index contributed by atoms with van der Waals surface area (Å²) in [4.78, 5) is 15.2. The third-order valence-electron chi connectivity index (χ3n) is 2.29. The van der Waals surface area contributed by atoms with Crippen LogP contribution in [0.25, 0.3) is 0 Å². The molecule has 0 aliphatic heterocycles. The Balaban J connectivity index is 2.23. The number of rotatable bonds is 3. The van der Waals surface area contributed by atoms with Gasteiger partial charge in [-0.25, -0.2) is 4.79 Å². The van der Waals surface area contributed by atoms with Crippen molar-refractivity contribution in [2.75, 3.05) is 12.8 Å². The average Bonchev–Trinajstić information content (AvgIpc) is 2.41. The average molecular weight is 244 g/mol. The van der Waals surface area contributed by atoms with E-state index in [1.54, 1.807) is 36.7 Å². The van der Waals surface area contributed by atoms with Crippen molar-refractivity contribution in [1.82, 2.24) is 4.98 Å². The summed E-state index contributed by atoms with van der Waals surface area (Å²) in [7, 11) is 1.32. The van der Waals surface area contributed by atoms with Gasteiger partial charge in [-0.2, -0.15) is 0 Å². The summed E-state index contributed by atoms with van der Waals surface area (Å²) in [5, 5.41) is 0. The fourth-order valence-electron chi connectivity index (χ4n) is 1.42. The summed E-state index contributed by atoms with van der Waals surface area (Å²) < 4.78 is 10.1. The number of nitrogens with two attached hydrogens (primary N) is 1. The molecular weight excluding hydrogens is 232 g/mol. The highest BCUT2D eigenvalue weighted by Gasteiger charge is 2.09. The molecule has 1 aromatic carbocycles. The molecule has 0 saturated carbocycles. The van der Waals surface area contributed by atoms with Crippen LogP contribution in [0.3, 0.4) is 0 Å². The molecule has 0 saturated heterocycles. The first-order valence-corrected chi connectivity index (χ1v) is 5.26. The topological polar surface area (TPSA) is 74.4 Å². The van der Waals surface area contributed by atoms with Gasteiger partial charge in [-0.3, -0.25) is 4.98 Å². The van der Waals surface area contributed by atoms with Crippen LogP contribution in [0.15, 0.2) is 42.7 Å². The molecule has 0 unspecified atom stereocenters. The number of pyridine rings is 1. The molecule has 0 fully saturated rings. The zero-order valence-corrected chi connectivity index (χ0v) is 9.79. The number of nitrogens with zero attached hydrogens (tertiary/aromatic N) is 1. The van der Waals surface area contributed by atoms with Crippen molar-refractivity contribution in [1.29, 1.82) is 0 Å². The highest BCUT2D eigenvalue weighted by atomic mass is 16.5. The molecule has 2 rings (SSSR count). The van der Waals surface area contributed by atoms with E-state index < -0.39 is 5.97 Å². The molecule has 2 N–H and O–H groups in total. The zero-order chi connectivity index (χ0) is 13.0. The van der Waals surface area contributed by atoms with Gasteiger partial charge >= 0.3 is 5.97 Å². The molecule has 18 heavy (non-hydrogen) atoms. The van der Waals surface area contributed by atoms with Crippen LogP contribution in [-0.2, 0) is 4.74 Å². The molecule has 0 amide bonds. The van der Waals surface area contributed by atoms with E-state index in [1.807, 2.05) is 0 Å². The molecule has 1 heterocycles. The zero-order valence-electron chi connectivity index (χ0n) is 9.79. The Kier molecular flexibility index (Phi) is 3.43. The van der Waals surface area contributed by atoms with Gasteiger partial charge in [0.1, 0.15) is 11.5 Å². The van der Waals surface area contributed by atoms with Gasteiger partial charge in [0.05, 0.1) is 24.6 Å². The summed E-state index contributed by atoms with van der Waals surface area (Å²) >= 11 is 0. The van der Waals surface area contributed by atoms with Gasteiger partial charge in [0.2, 0.25) is 0 Å². The maximum absolute atomic E-state index is 11.3. The van der Waals surface area contributed by atoms with Crippen molar-refractivity contribution in [3.8, 4) is 11.5 Å². The second kappa shape index (κ2) is 5.18. The molecule has 0 spiro atoms. The van der Waals surface area contributed by atoms with Gasteiger partial charge in [-0.1, -0.05) is 0 Å². The summed E-state index contributed by atoms with van der Waals surface area (Å²) in [5.74, 6) is 0.611. The van der Waals surface area contributed by atoms with Crippen molar-refractivity contribution < 1.29 is 14.3 Å². The lowest BCUT2D eigenvalue weighted by molar-refractivity contribution is 0.0601. The molecule has 1 aromatic heterocycles. The Hall–Kier alpha value is -2.56. The van der Waals surface area contributed by atoms with E-state index in [0.717, 1.165) is 0 Å². The van der Waals surface area contributed by atoms with Crippen LogP contribution in [0.5, 0.6) is 11.5 Å².